The minimum absolute atomic E-state index is 0.0587. The summed E-state index contributed by atoms with van der Waals surface area (Å²) in [5.74, 6) is 0.467. The Hall–Kier alpha value is -2.97. The first kappa shape index (κ1) is 19.4. The molecule has 1 aromatic carbocycles. The maximum Gasteiger partial charge on any atom is 0.269 e. The van der Waals surface area contributed by atoms with Gasteiger partial charge >= 0.3 is 0 Å². The van der Waals surface area contributed by atoms with Crippen LogP contribution in [0.25, 0.3) is 0 Å². The van der Waals surface area contributed by atoms with Crippen molar-refractivity contribution >= 4 is 11.8 Å². The number of aliphatic hydroxyl groups excluding tert-OH is 1. The number of benzene rings is 1. The fourth-order valence-electron chi connectivity index (χ4n) is 3.81. The molecule has 1 saturated carbocycles. The van der Waals surface area contributed by atoms with Gasteiger partial charge in [-0.3, -0.25) is 9.59 Å². The van der Waals surface area contributed by atoms with Crippen LogP contribution in [0, 0.1) is 11.8 Å². The molecule has 1 aliphatic heterocycles. The van der Waals surface area contributed by atoms with E-state index in [9.17, 15) is 14.7 Å². The number of nitrogens with zero attached hydrogens (tertiary/aromatic N) is 1. The predicted molar refractivity (Wildman–Crippen MR) is 104 cm³/mol. The molecule has 4 rings (SSSR count). The summed E-state index contributed by atoms with van der Waals surface area (Å²) in [6, 6.07) is 10.0. The van der Waals surface area contributed by atoms with Crippen molar-refractivity contribution in [1.82, 2.24) is 15.6 Å². The van der Waals surface area contributed by atoms with Crippen LogP contribution in [0.5, 0.6) is 5.75 Å². The third-order valence-electron chi connectivity index (χ3n) is 5.53. The van der Waals surface area contributed by atoms with Crippen LogP contribution in [0.4, 0.5) is 0 Å². The van der Waals surface area contributed by atoms with Gasteiger partial charge in [0.1, 0.15) is 17.5 Å². The quantitative estimate of drug-likeness (QED) is 0.668. The largest absolute Gasteiger partial charge is 0.496 e. The molecule has 8 nitrogen and oxygen atoms in total. The van der Waals surface area contributed by atoms with Gasteiger partial charge in [0.2, 0.25) is 0 Å². The number of carbonyl (C=O) groups is 2. The van der Waals surface area contributed by atoms with Gasteiger partial charge < -0.3 is 25.2 Å². The molecule has 2 aromatic rings. The Morgan fingerprint density at radius 1 is 1.21 bits per heavy atom. The predicted octanol–water partition coefficient (Wildman–Crippen LogP) is 0.906. The highest BCUT2D eigenvalue weighted by Gasteiger charge is 2.54. The number of hydrogen-bond acceptors (Lipinski definition) is 6. The van der Waals surface area contributed by atoms with Crippen LogP contribution >= 0.6 is 0 Å². The van der Waals surface area contributed by atoms with E-state index in [-0.39, 0.29) is 28.9 Å². The van der Waals surface area contributed by atoms with E-state index in [0.717, 1.165) is 0 Å². The molecule has 1 saturated heterocycles. The molecule has 3 N–H and O–H groups in total. The maximum absolute atomic E-state index is 12.8. The molecule has 2 heterocycles. The van der Waals surface area contributed by atoms with Crippen molar-refractivity contribution in [2.75, 3.05) is 27.4 Å². The van der Waals surface area contributed by atoms with E-state index in [0.29, 0.717) is 36.4 Å². The second kappa shape index (κ2) is 7.81. The number of pyridine rings is 1. The highest BCUT2D eigenvalue weighted by atomic mass is 16.5. The Labute approximate surface area is 168 Å². The highest BCUT2D eigenvalue weighted by Crippen LogP contribution is 2.44. The number of amides is 2. The molecule has 0 spiro atoms. The molecule has 29 heavy (non-hydrogen) atoms. The van der Waals surface area contributed by atoms with Gasteiger partial charge in [-0.05, 0) is 18.2 Å². The van der Waals surface area contributed by atoms with Crippen LogP contribution in [0.1, 0.15) is 38.2 Å². The lowest BCUT2D eigenvalue weighted by molar-refractivity contribution is 0.0928. The SMILES string of the molecule is CNC(=O)c1cc(C(=O)NC2[C@H]3COC[C@@H]23)cc(C(O)c2ccccc2OC)n1. The van der Waals surface area contributed by atoms with Crippen molar-refractivity contribution in [3.63, 3.8) is 0 Å². The third-order valence-corrected chi connectivity index (χ3v) is 5.53. The molecular formula is C21H23N3O5. The molecule has 1 aliphatic carbocycles. The Balaban J connectivity index is 1.65. The van der Waals surface area contributed by atoms with Crippen LogP contribution < -0.4 is 15.4 Å². The lowest BCUT2D eigenvalue weighted by atomic mass is 10.0. The first-order valence-electron chi connectivity index (χ1n) is 9.47. The molecule has 0 radical (unpaired) electrons. The molecule has 0 bridgehead atoms. The molecule has 4 atom stereocenters. The number of ether oxygens (including phenoxy) is 2. The van der Waals surface area contributed by atoms with Gasteiger partial charge in [-0.25, -0.2) is 4.98 Å². The molecule has 8 heteroatoms. The number of aromatic nitrogens is 1. The van der Waals surface area contributed by atoms with Gasteiger partial charge in [0.25, 0.3) is 11.8 Å². The lowest BCUT2D eigenvalue weighted by Gasteiger charge is -2.16. The summed E-state index contributed by atoms with van der Waals surface area (Å²) in [4.78, 5) is 29.3. The van der Waals surface area contributed by atoms with Crippen molar-refractivity contribution in [3.05, 3.63) is 58.9 Å². The molecule has 2 unspecified atom stereocenters. The van der Waals surface area contributed by atoms with Gasteiger partial charge in [-0.15, -0.1) is 0 Å². The van der Waals surface area contributed by atoms with E-state index in [1.807, 2.05) is 0 Å². The van der Waals surface area contributed by atoms with Crippen molar-refractivity contribution in [2.45, 2.75) is 12.1 Å². The van der Waals surface area contributed by atoms with Gasteiger partial charge in [-0.1, -0.05) is 18.2 Å². The Morgan fingerprint density at radius 2 is 1.93 bits per heavy atom. The zero-order valence-corrected chi connectivity index (χ0v) is 16.2. The molecule has 2 fully saturated rings. The first-order chi connectivity index (χ1) is 14.0. The van der Waals surface area contributed by atoms with Crippen molar-refractivity contribution in [3.8, 4) is 5.75 Å². The number of carbonyl (C=O) groups excluding carboxylic acids is 2. The molecule has 1 aromatic heterocycles. The number of rotatable bonds is 6. The van der Waals surface area contributed by atoms with E-state index < -0.39 is 12.0 Å². The van der Waals surface area contributed by atoms with Crippen LogP contribution in [0.15, 0.2) is 36.4 Å². The van der Waals surface area contributed by atoms with Gasteiger partial charge in [0, 0.05) is 36.1 Å². The van der Waals surface area contributed by atoms with Crippen LogP contribution in [0.2, 0.25) is 0 Å². The average Bonchev–Trinajstić information content (AvgIpc) is 3.17. The molecule has 2 aliphatic rings. The summed E-state index contributed by atoms with van der Waals surface area (Å²) in [5, 5.41) is 16.4. The van der Waals surface area contributed by atoms with Crippen molar-refractivity contribution in [2.24, 2.45) is 11.8 Å². The van der Waals surface area contributed by atoms with Gasteiger partial charge in [0.05, 0.1) is 26.0 Å². The van der Waals surface area contributed by atoms with E-state index in [4.69, 9.17) is 9.47 Å². The Kier molecular flexibility index (Phi) is 5.21. The van der Waals surface area contributed by atoms with E-state index >= 15 is 0 Å². The fraction of sp³-hybridized carbons (Fsp3) is 0.381. The molecule has 152 valence electrons. The summed E-state index contributed by atoms with van der Waals surface area (Å²) in [6.07, 6.45) is -1.16. The van der Waals surface area contributed by atoms with Gasteiger partial charge in [0.15, 0.2) is 0 Å². The lowest BCUT2D eigenvalue weighted by Crippen LogP contribution is -2.31. The molecule has 2 amide bonds. The fourth-order valence-corrected chi connectivity index (χ4v) is 3.81. The minimum Gasteiger partial charge on any atom is -0.496 e. The minimum atomic E-state index is -1.16. The number of nitrogens with one attached hydrogen (secondary N) is 2. The van der Waals surface area contributed by atoms with Crippen LogP contribution in [-0.2, 0) is 4.74 Å². The van der Waals surface area contributed by atoms with Gasteiger partial charge in [-0.2, -0.15) is 0 Å². The Morgan fingerprint density at radius 3 is 2.62 bits per heavy atom. The summed E-state index contributed by atoms with van der Waals surface area (Å²) < 4.78 is 10.7. The monoisotopic (exact) mass is 397 g/mol. The normalized spacial score (nSPS) is 23.1. The number of methoxy groups -OCH3 is 1. The number of fused-ring (bicyclic) bond motifs is 1. The van der Waals surface area contributed by atoms with Crippen molar-refractivity contribution < 1.29 is 24.2 Å². The second-order valence-electron chi connectivity index (χ2n) is 7.25. The van der Waals surface area contributed by atoms with E-state index in [1.165, 1.54) is 26.3 Å². The van der Waals surface area contributed by atoms with E-state index in [2.05, 4.69) is 15.6 Å². The Bertz CT molecular complexity index is 938. The van der Waals surface area contributed by atoms with Crippen molar-refractivity contribution in [1.29, 1.82) is 0 Å². The number of para-hydroxylation sites is 1. The summed E-state index contributed by atoms with van der Waals surface area (Å²) in [6.45, 7) is 1.32. The second-order valence-corrected chi connectivity index (χ2v) is 7.25. The first-order valence-corrected chi connectivity index (χ1v) is 9.47. The number of hydrogen-bond donors (Lipinski definition) is 3. The van der Waals surface area contributed by atoms with E-state index in [1.54, 1.807) is 24.3 Å². The highest BCUT2D eigenvalue weighted by molar-refractivity contribution is 5.99. The smallest absolute Gasteiger partial charge is 0.269 e. The topological polar surface area (TPSA) is 110 Å². The average molecular weight is 397 g/mol. The maximum atomic E-state index is 12.8. The summed E-state index contributed by atoms with van der Waals surface area (Å²) in [5.41, 5.74) is 1.02. The van der Waals surface area contributed by atoms with Crippen LogP contribution in [0.3, 0.4) is 0 Å². The third kappa shape index (κ3) is 3.68. The van der Waals surface area contributed by atoms with Crippen LogP contribution in [-0.4, -0.2) is 55.3 Å². The molecular weight excluding hydrogens is 374 g/mol. The zero-order valence-electron chi connectivity index (χ0n) is 16.2. The standard InChI is InChI=1S/C21H23N3O5/c1-22-21(27)16-8-11(20(26)24-18-13-9-29-10-14(13)18)7-15(23-16)19(25)12-5-3-4-6-17(12)28-2/h3-8,13-14,18-19,25H,9-10H2,1-2H3,(H,22,27)(H,24,26)/t13-,14+,18?,19?. The number of aliphatic hydroxyl groups is 1. The zero-order chi connectivity index (χ0) is 20.5. The summed E-state index contributed by atoms with van der Waals surface area (Å²) in [7, 11) is 2.99. The summed E-state index contributed by atoms with van der Waals surface area (Å²) >= 11 is 0.